The molecule has 0 aromatic carbocycles. The first-order valence-corrected chi connectivity index (χ1v) is 8.48. The second-order valence-electron chi connectivity index (χ2n) is 5.08. The minimum Gasteiger partial charge on any atom is -0.301 e. The first-order chi connectivity index (χ1) is 7.35. The van der Waals surface area contributed by atoms with Gasteiger partial charge in [0.15, 0.2) is 0 Å². The predicted molar refractivity (Wildman–Crippen MR) is 73.1 cm³/mol. The van der Waals surface area contributed by atoms with Crippen molar-refractivity contribution in [1.82, 2.24) is 4.90 Å². The Balaban J connectivity index is 1.87. The van der Waals surface area contributed by atoms with E-state index in [-0.39, 0.29) is 0 Å². The molecule has 2 rings (SSSR count). The van der Waals surface area contributed by atoms with Gasteiger partial charge in [-0.1, -0.05) is 35.2 Å². The molecule has 0 radical (unpaired) electrons. The fraction of sp³-hybridized carbons (Fsp3) is 1.00. The van der Waals surface area contributed by atoms with E-state index in [1.165, 1.54) is 68.6 Å². The molecule has 1 aliphatic carbocycles. The van der Waals surface area contributed by atoms with Crippen LogP contribution in [0.1, 0.15) is 32.1 Å². The highest BCUT2D eigenvalue weighted by atomic mass is 79.9. The van der Waals surface area contributed by atoms with Crippen LogP contribution in [-0.2, 0) is 0 Å². The summed E-state index contributed by atoms with van der Waals surface area (Å²) in [4.78, 5) is 2.70. The van der Waals surface area contributed by atoms with Gasteiger partial charge in [0.1, 0.15) is 0 Å². The molecule has 0 N–H and O–H groups in total. The summed E-state index contributed by atoms with van der Waals surface area (Å²) in [5.41, 5.74) is 0.611. The van der Waals surface area contributed by atoms with Gasteiger partial charge in [-0.2, -0.15) is 11.8 Å². The molecule has 1 nitrogen and oxygen atoms in total. The summed E-state index contributed by atoms with van der Waals surface area (Å²) in [6.45, 7) is 3.98. The van der Waals surface area contributed by atoms with Gasteiger partial charge in [0.2, 0.25) is 0 Å². The number of thioether (sulfide) groups is 1. The lowest BCUT2D eigenvalue weighted by Gasteiger charge is -2.41. The minimum absolute atomic E-state index is 0.611. The van der Waals surface area contributed by atoms with Gasteiger partial charge in [-0.3, -0.25) is 0 Å². The maximum atomic E-state index is 3.76. The van der Waals surface area contributed by atoms with E-state index in [1.54, 1.807) is 0 Å². The van der Waals surface area contributed by atoms with Crippen LogP contribution in [0.3, 0.4) is 0 Å². The monoisotopic (exact) mass is 291 g/mol. The summed E-state index contributed by atoms with van der Waals surface area (Å²) in [6.07, 6.45) is 7.26. The third kappa shape index (κ3) is 3.37. The molecular formula is C12H22BrNS. The van der Waals surface area contributed by atoms with E-state index in [1.807, 2.05) is 0 Å². The maximum absolute atomic E-state index is 3.76. The number of nitrogens with zero attached hydrogens (tertiary/aromatic N) is 1. The van der Waals surface area contributed by atoms with Gasteiger partial charge in [-0.25, -0.2) is 0 Å². The molecule has 0 atom stereocenters. The smallest absolute Gasteiger partial charge is 0.0100 e. The van der Waals surface area contributed by atoms with E-state index in [0.29, 0.717) is 5.41 Å². The Kier molecular flexibility index (Phi) is 4.84. The van der Waals surface area contributed by atoms with Crippen LogP contribution in [0.25, 0.3) is 0 Å². The van der Waals surface area contributed by atoms with Crippen LogP contribution in [-0.4, -0.2) is 41.4 Å². The summed E-state index contributed by atoms with van der Waals surface area (Å²) in [5.74, 6) is 2.69. The topological polar surface area (TPSA) is 3.24 Å². The lowest BCUT2D eigenvalue weighted by Crippen LogP contribution is -2.43. The molecule has 0 amide bonds. The molecule has 15 heavy (non-hydrogen) atoms. The molecule has 0 aromatic heterocycles. The Labute approximate surface area is 106 Å². The average molecular weight is 292 g/mol. The van der Waals surface area contributed by atoms with Crippen LogP contribution in [0.4, 0.5) is 0 Å². The van der Waals surface area contributed by atoms with Crippen molar-refractivity contribution in [3.8, 4) is 0 Å². The third-order valence-corrected chi connectivity index (χ3v) is 5.99. The van der Waals surface area contributed by atoms with Crippen LogP contribution in [0.2, 0.25) is 0 Å². The Morgan fingerprint density at radius 3 is 2.33 bits per heavy atom. The summed E-state index contributed by atoms with van der Waals surface area (Å²) in [5, 5.41) is 1.21. The minimum atomic E-state index is 0.611. The second kappa shape index (κ2) is 5.92. The van der Waals surface area contributed by atoms with Crippen molar-refractivity contribution in [2.24, 2.45) is 5.41 Å². The fourth-order valence-electron chi connectivity index (χ4n) is 2.87. The molecular weight excluding hydrogens is 270 g/mol. The summed E-state index contributed by atoms with van der Waals surface area (Å²) < 4.78 is 0. The van der Waals surface area contributed by atoms with E-state index in [2.05, 4.69) is 32.6 Å². The van der Waals surface area contributed by atoms with Crippen molar-refractivity contribution in [2.45, 2.75) is 32.1 Å². The fourth-order valence-corrected chi connectivity index (χ4v) is 4.59. The van der Waals surface area contributed by atoms with E-state index in [9.17, 15) is 0 Å². The molecule has 1 aliphatic heterocycles. The van der Waals surface area contributed by atoms with Crippen molar-refractivity contribution in [1.29, 1.82) is 0 Å². The van der Waals surface area contributed by atoms with Crippen LogP contribution in [0.15, 0.2) is 0 Å². The number of halogens is 1. The molecule has 3 heteroatoms. The van der Waals surface area contributed by atoms with Gasteiger partial charge in [0.05, 0.1) is 0 Å². The van der Waals surface area contributed by atoms with Gasteiger partial charge in [0, 0.05) is 36.5 Å². The molecule has 0 bridgehead atoms. The summed E-state index contributed by atoms with van der Waals surface area (Å²) in [6, 6.07) is 0. The highest BCUT2D eigenvalue weighted by Crippen LogP contribution is 2.38. The van der Waals surface area contributed by atoms with Crippen LogP contribution >= 0.6 is 27.7 Å². The molecule has 2 fully saturated rings. The SMILES string of the molecule is BrCC1(CN2CCSCC2)CCCCC1. The first kappa shape index (κ1) is 12.3. The number of alkyl halides is 1. The van der Waals surface area contributed by atoms with E-state index in [0.717, 1.165) is 0 Å². The Morgan fingerprint density at radius 2 is 1.73 bits per heavy atom. The molecule has 1 saturated carbocycles. The summed E-state index contributed by atoms with van der Waals surface area (Å²) in [7, 11) is 0. The quantitative estimate of drug-likeness (QED) is 0.734. The normalized spacial score (nSPS) is 27.8. The standard InChI is InChI=1S/C12H22BrNS/c13-10-12(4-2-1-3-5-12)11-14-6-8-15-9-7-14/h1-11H2. The van der Waals surface area contributed by atoms with Crippen molar-refractivity contribution in [3.05, 3.63) is 0 Å². The van der Waals surface area contributed by atoms with Crippen LogP contribution in [0.5, 0.6) is 0 Å². The Morgan fingerprint density at radius 1 is 1.07 bits per heavy atom. The van der Waals surface area contributed by atoms with Gasteiger partial charge in [-0.15, -0.1) is 0 Å². The highest BCUT2D eigenvalue weighted by molar-refractivity contribution is 9.09. The van der Waals surface area contributed by atoms with Crippen LogP contribution in [0, 0.1) is 5.41 Å². The summed E-state index contributed by atoms with van der Waals surface area (Å²) >= 11 is 5.88. The predicted octanol–water partition coefficient (Wildman–Crippen LogP) is 3.38. The average Bonchev–Trinajstić information content (AvgIpc) is 2.32. The first-order valence-electron chi connectivity index (χ1n) is 6.21. The lowest BCUT2D eigenvalue weighted by molar-refractivity contribution is 0.134. The highest BCUT2D eigenvalue weighted by Gasteiger charge is 2.33. The van der Waals surface area contributed by atoms with Crippen molar-refractivity contribution < 1.29 is 0 Å². The van der Waals surface area contributed by atoms with Crippen molar-refractivity contribution in [3.63, 3.8) is 0 Å². The van der Waals surface area contributed by atoms with E-state index < -0.39 is 0 Å². The zero-order valence-corrected chi connectivity index (χ0v) is 11.9. The zero-order chi connectivity index (χ0) is 10.6. The Hall–Kier alpha value is 0.790. The second-order valence-corrected chi connectivity index (χ2v) is 6.87. The van der Waals surface area contributed by atoms with Gasteiger partial charge in [-0.05, 0) is 18.3 Å². The van der Waals surface area contributed by atoms with Crippen molar-refractivity contribution >= 4 is 27.7 Å². The number of hydrogen-bond donors (Lipinski definition) is 0. The molecule has 1 heterocycles. The van der Waals surface area contributed by atoms with Gasteiger partial charge < -0.3 is 4.90 Å². The van der Waals surface area contributed by atoms with Gasteiger partial charge >= 0.3 is 0 Å². The lowest BCUT2D eigenvalue weighted by atomic mass is 9.75. The zero-order valence-electron chi connectivity index (χ0n) is 9.51. The molecule has 88 valence electrons. The van der Waals surface area contributed by atoms with Crippen molar-refractivity contribution in [2.75, 3.05) is 36.5 Å². The van der Waals surface area contributed by atoms with E-state index >= 15 is 0 Å². The molecule has 0 aromatic rings. The molecule has 0 unspecified atom stereocenters. The molecule has 1 saturated heterocycles. The molecule has 0 spiro atoms. The van der Waals surface area contributed by atoms with E-state index in [4.69, 9.17) is 0 Å². The number of rotatable bonds is 3. The van der Waals surface area contributed by atoms with Gasteiger partial charge in [0.25, 0.3) is 0 Å². The Bertz CT molecular complexity index is 186. The third-order valence-electron chi connectivity index (χ3n) is 3.86. The number of hydrogen-bond acceptors (Lipinski definition) is 2. The largest absolute Gasteiger partial charge is 0.301 e. The van der Waals surface area contributed by atoms with Crippen LogP contribution < -0.4 is 0 Å². The maximum Gasteiger partial charge on any atom is 0.0100 e. The molecule has 2 aliphatic rings.